The van der Waals surface area contributed by atoms with Crippen LogP contribution < -0.4 is 5.32 Å². The van der Waals surface area contributed by atoms with E-state index in [1.165, 1.54) is 12.3 Å². The molecule has 0 saturated heterocycles. The smallest absolute Gasteiger partial charge is 0.354 e. The van der Waals surface area contributed by atoms with Gasteiger partial charge in [0.1, 0.15) is 12.2 Å². The van der Waals surface area contributed by atoms with E-state index in [0.29, 0.717) is 16.8 Å². The van der Waals surface area contributed by atoms with Crippen molar-refractivity contribution < 1.29 is 14.7 Å². The number of aromatic nitrogens is 4. The normalized spacial score (nSPS) is 10.7. The second-order valence-electron chi connectivity index (χ2n) is 5.38. The van der Waals surface area contributed by atoms with Crippen LogP contribution in [0, 0.1) is 0 Å². The molecular weight excluding hydrogens is 470 g/mol. The first-order chi connectivity index (χ1) is 12.4. The molecule has 0 radical (unpaired) electrons. The summed E-state index contributed by atoms with van der Waals surface area (Å²) < 4.78 is 4.43. The number of hydrogen-bond donors (Lipinski definition) is 2. The molecule has 2 aromatic heterocycles. The van der Waals surface area contributed by atoms with Gasteiger partial charge in [-0.2, -0.15) is 10.2 Å². The molecule has 0 fully saturated rings. The highest BCUT2D eigenvalue weighted by molar-refractivity contribution is 9.10. The molecule has 8 nitrogen and oxygen atoms in total. The summed E-state index contributed by atoms with van der Waals surface area (Å²) in [6.45, 7) is 0.324. The SMILES string of the molecule is O=C(Cn1nccc1C(=O)O)Nc1nn(Cc2ccc(Br)cc2)cc1Br. The van der Waals surface area contributed by atoms with Crippen molar-refractivity contribution >= 4 is 49.6 Å². The van der Waals surface area contributed by atoms with Crippen molar-refractivity contribution in [2.75, 3.05) is 5.32 Å². The van der Waals surface area contributed by atoms with Crippen LogP contribution in [0.3, 0.4) is 0 Å². The number of rotatable bonds is 6. The Labute approximate surface area is 165 Å². The fourth-order valence-electron chi connectivity index (χ4n) is 2.29. The van der Waals surface area contributed by atoms with Crippen LogP contribution in [0.1, 0.15) is 16.1 Å². The zero-order valence-corrected chi connectivity index (χ0v) is 16.4. The number of anilines is 1. The molecular formula is C16H13Br2N5O3. The maximum absolute atomic E-state index is 12.2. The van der Waals surface area contributed by atoms with Gasteiger partial charge < -0.3 is 10.4 Å². The Morgan fingerprint density at radius 3 is 2.58 bits per heavy atom. The first kappa shape index (κ1) is 18.3. The summed E-state index contributed by atoms with van der Waals surface area (Å²) in [5.41, 5.74) is 1.00. The minimum Gasteiger partial charge on any atom is -0.477 e. The standard InChI is InChI=1S/C16H13Br2N5O3/c17-11-3-1-10(2-4-11)7-22-8-12(18)15(21-22)20-14(24)9-23-13(16(25)26)5-6-19-23/h1-6,8H,7,9H2,(H,25,26)(H,20,21,24). The minimum atomic E-state index is -1.14. The van der Waals surface area contributed by atoms with E-state index in [1.807, 2.05) is 24.3 Å². The van der Waals surface area contributed by atoms with Gasteiger partial charge in [0.2, 0.25) is 5.91 Å². The molecule has 1 aromatic carbocycles. The number of carbonyl (C=O) groups excluding carboxylic acids is 1. The van der Waals surface area contributed by atoms with Crippen LogP contribution in [0.5, 0.6) is 0 Å². The van der Waals surface area contributed by atoms with E-state index in [0.717, 1.165) is 14.7 Å². The predicted molar refractivity (Wildman–Crippen MR) is 101 cm³/mol. The topological polar surface area (TPSA) is 102 Å². The molecule has 2 N–H and O–H groups in total. The van der Waals surface area contributed by atoms with Crippen molar-refractivity contribution in [3.05, 3.63) is 62.9 Å². The first-order valence-electron chi connectivity index (χ1n) is 7.45. The summed E-state index contributed by atoms with van der Waals surface area (Å²) >= 11 is 6.75. The third-order valence-corrected chi connectivity index (χ3v) is 4.57. The zero-order valence-electron chi connectivity index (χ0n) is 13.3. The highest BCUT2D eigenvalue weighted by Crippen LogP contribution is 2.21. The molecule has 2 heterocycles. The van der Waals surface area contributed by atoms with Crippen LogP contribution in [0.15, 0.2) is 51.7 Å². The van der Waals surface area contributed by atoms with E-state index in [-0.39, 0.29) is 12.2 Å². The second kappa shape index (κ2) is 7.83. The van der Waals surface area contributed by atoms with Gasteiger partial charge >= 0.3 is 5.97 Å². The molecule has 0 spiro atoms. The lowest BCUT2D eigenvalue weighted by atomic mass is 10.2. The average Bonchev–Trinajstić information content (AvgIpc) is 3.17. The average molecular weight is 483 g/mol. The number of carbonyl (C=O) groups is 2. The molecule has 0 atom stereocenters. The molecule has 0 aliphatic rings. The third kappa shape index (κ3) is 4.38. The van der Waals surface area contributed by atoms with Crippen LogP contribution >= 0.6 is 31.9 Å². The van der Waals surface area contributed by atoms with Crippen LogP contribution in [-0.4, -0.2) is 36.5 Å². The quantitative estimate of drug-likeness (QED) is 0.562. The molecule has 134 valence electrons. The number of nitrogens with zero attached hydrogens (tertiary/aromatic N) is 4. The van der Waals surface area contributed by atoms with Crippen molar-refractivity contribution in [3.8, 4) is 0 Å². The third-order valence-electron chi connectivity index (χ3n) is 3.46. The van der Waals surface area contributed by atoms with Gasteiger partial charge in [0.15, 0.2) is 5.82 Å². The first-order valence-corrected chi connectivity index (χ1v) is 9.03. The number of amides is 1. The van der Waals surface area contributed by atoms with E-state index in [4.69, 9.17) is 5.11 Å². The van der Waals surface area contributed by atoms with Crippen LogP contribution in [0.2, 0.25) is 0 Å². The fraction of sp³-hybridized carbons (Fsp3) is 0.125. The number of carboxylic acids is 1. The molecule has 3 rings (SSSR count). The molecule has 3 aromatic rings. The van der Waals surface area contributed by atoms with Crippen molar-refractivity contribution in [3.63, 3.8) is 0 Å². The minimum absolute atomic E-state index is 0.0556. The van der Waals surface area contributed by atoms with Gasteiger partial charge in [-0.05, 0) is 39.7 Å². The Kier molecular flexibility index (Phi) is 5.52. The maximum atomic E-state index is 12.2. The number of carboxylic acid groups (broad SMARTS) is 1. The second-order valence-corrected chi connectivity index (χ2v) is 7.15. The van der Waals surface area contributed by atoms with Crippen molar-refractivity contribution in [2.45, 2.75) is 13.1 Å². The monoisotopic (exact) mass is 481 g/mol. The van der Waals surface area contributed by atoms with E-state index in [1.54, 1.807) is 10.9 Å². The molecule has 1 amide bonds. The Morgan fingerprint density at radius 1 is 1.15 bits per heavy atom. The van der Waals surface area contributed by atoms with Gasteiger partial charge in [0.05, 0.1) is 11.0 Å². The molecule has 0 aliphatic heterocycles. The lowest BCUT2D eigenvalue weighted by Gasteiger charge is -2.05. The summed E-state index contributed by atoms with van der Waals surface area (Å²) in [5.74, 6) is -1.21. The molecule has 0 saturated carbocycles. The predicted octanol–water partition coefficient (Wildman–Crippen LogP) is 2.99. The number of hydrogen-bond acceptors (Lipinski definition) is 4. The van der Waals surface area contributed by atoms with Gasteiger partial charge in [-0.15, -0.1) is 0 Å². The lowest BCUT2D eigenvalue weighted by molar-refractivity contribution is -0.116. The molecule has 0 aliphatic carbocycles. The zero-order chi connectivity index (χ0) is 18.7. The van der Waals surface area contributed by atoms with Crippen molar-refractivity contribution in [1.29, 1.82) is 0 Å². The summed E-state index contributed by atoms with van der Waals surface area (Å²) in [7, 11) is 0. The Morgan fingerprint density at radius 2 is 1.88 bits per heavy atom. The summed E-state index contributed by atoms with van der Waals surface area (Å²) in [4.78, 5) is 23.2. The van der Waals surface area contributed by atoms with E-state index < -0.39 is 11.9 Å². The van der Waals surface area contributed by atoms with Gasteiger partial charge in [0, 0.05) is 16.9 Å². The summed E-state index contributed by atoms with van der Waals surface area (Å²) in [5, 5.41) is 19.9. The number of nitrogens with one attached hydrogen (secondary N) is 1. The largest absolute Gasteiger partial charge is 0.477 e. The van der Waals surface area contributed by atoms with Crippen LogP contribution in [-0.2, 0) is 17.9 Å². The Hall–Kier alpha value is -2.46. The number of halogens is 2. The van der Waals surface area contributed by atoms with Crippen molar-refractivity contribution in [1.82, 2.24) is 19.6 Å². The molecule has 10 heteroatoms. The molecule has 0 bridgehead atoms. The highest BCUT2D eigenvalue weighted by atomic mass is 79.9. The Balaban J connectivity index is 1.67. The van der Waals surface area contributed by atoms with Gasteiger partial charge in [-0.1, -0.05) is 28.1 Å². The van der Waals surface area contributed by atoms with Gasteiger partial charge in [0.25, 0.3) is 0 Å². The van der Waals surface area contributed by atoms with E-state index in [2.05, 4.69) is 47.4 Å². The number of aromatic carboxylic acids is 1. The summed E-state index contributed by atoms with van der Waals surface area (Å²) in [6.07, 6.45) is 3.09. The van der Waals surface area contributed by atoms with Crippen molar-refractivity contribution in [2.24, 2.45) is 0 Å². The molecule has 26 heavy (non-hydrogen) atoms. The van der Waals surface area contributed by atoms with Crippen LogP contribution in [0.4, 0.5) is 5.82 Å². The van der Waals surface area contributed by atoms with Gasteiger partial charge in [-0.25, -0.2) is 9.48 Å². The van der Waals surface area contributed by atoms with Gasteiger partial charge in [-0.3, -0.25) is 9.48 Å². The summed E-state index contributed by atoms with van der Waals surface area (Å²) in [6, 6.07) is 9.17. The lowest BCUT2D eigenvalue weighted by Crippen LogP contribution is -2.22. The highest BCUT2D eigenvalue weighted by Gasteiger charge is 2.15. The van der Waals surface area contributed by atoms with E-state index >= 15 is 0 Å². The van der Waals surface area contributed by atoms with Crippen LogP contribution in [0.25, 0.3) is 0 Å². The van der Waals surface area contributed by atoms with E-state index in [9.17, 15) is 9.59 Å². The fourth-order valence-corrected chi connectivity index (χ4v) is 2.97. The Bertz CT molecular complexity index is 949. The maximum Gasteiger partial charge on any atom is 0.354 e. The number of benzene rings is 1. The molecule has 0 unspecified atom stereocenters.